The highest BCUT2D eigenvalue weighted by molar-refractivity contribution is 5.85. The number of carbonyl (C=O) groups excluding carboxylic acids is 1. The van der Waals surface area contributed by atoms with E-state index in [1.165, 1.54) is 12.8 Å². The Labute approximate surface area is 117 Å². The minimum Gasteiger partial charge on any atom is -0.385 e. The van der Waals surface area contributed by atoms with Gasteiger partial charge in [0.25, 0.3) is 0 Å². The van der Waals surface area contributed by atoms with Gasteiger partial charge < -0.3 is 15.4 Å². The van der Waals surface area contributed by atoms with E-state index in [0.717, 1.165) is 51.4 Å². The van der Waals surface area contributed by atoms with Crippen LogP contribution in [0.4, 0.5) is 0 Å². The van der Waals surface area contributed by atoms with Gasteiger partial charge in [0.05, 0.1) is 0 Å². The number of nitrogens with one attached hydrogen (secondary N) is 2. The summed E-state index contributed by atoms with van der Waals surface area (Å²) in [6.45, 7) is 3.80. The zero-order chi connectivity index (χ0) is 12.3. The molecule has 1 heterocycles. The van der Waals surface area contributed by atoms with Crippen molar-refractivity contribution in [1.82, 2.24) is 10.6 Å². The third kappa shape index (κ3) is 8.72. The van der Waals surface area contributed by atoms with Crippen LogP contribution in [0.15, 0.2) is 0 Å². The van der Waals surface area contributed by atoms with Crippen LogP contribution in [-0.2, 0) is 9.53 Å². The summed E-state index contributed by atoms with van der Waals surface area (Å²) in [6.07, 6.45) is 6.21. The number of rotatable bonds is 8. The Morgan fingerprint density at radius 2 is 2.06 bits per heavy atom. The van der Waals surface area contributed by atoms with Crippen LogP contribution in [0.25, 0.3) is 0 Å². The second kappa shape index (κ2) is 11.8. The molecule has 1 rings (SSSR count). The number of halogens is 1. The van der Waals surface area contributed by atoms with E-state index in [9.17, 15) is 4.79 Å². The topological polar surface area (TPSA) is 50.4 Å². The van der Waals surface area contributed by atoms with Gasteiger partial charge in [-0.25, -0.2) is 0 Å². The van der Waals surface area contributed by atoms with E-state index < -0.39 is 0 Å². The van der Waals surface area contributed by atoms with E-state index in [2.05, 4.69) is 10.6 Å². The summed E-state index contributed by atoms with van der Waals surface area (Å²) in [6, 6.07) is 0. The van der Waals surface area contributed by atoms with Gasteiger partial charge in [0.2, 0.25) is 5.91 Å². The van der Waals surface area contributed by atoms with Crippen molar-refractivity contribution in [3.05, 3.63) is 0 Å². The second-order valence-electron chi connectivity index (χ2n) is 4.78. The molecule has 108 valence electrons. The van der Waals surface area contributed by atoms with Crippen molar-refractivity contribution in [3.8, 4) is 0 Å². The molecule has 0 bridgehead atoms. The quantitative estimate of drug-likeness (QED) is 0.665. The molecule has 1 aliphatic heterocycles. The van der Waals surface area contributed by atoms with E-state index in [-0.39, 0.29) is 18.3 Å². The van der Waals surface area contributed by atoms with Gasteiger partial charge in [0, 0.05) is 26.7 Å². The van der Waals surface area contributed by atoms with Gasteiger partial charge >= 0.3 is 0 Å². The number of hydrogen-bond acceptors (Lipinski definition) is 3. The van der Waals surface area contributed by atoms with Gasteiger partial charge in [-0.15, -0.1) is 12.4 Å². The van der Waals surface area contributed by atoms with Crippen molar-refractivity contribution in [1.29, 1.82) is 0 Å². The van der Waals surface area contributed by atoms with Crippen molar-refractivity contribution in [3.63, 3.8) is 0 Å². The lowest BCUT2D eigenvalue weighted by Gasteiger charge is -2.22. The maximum absolute atomic E-state index is 11.6. The molecule has 0 unspecified atom stereocenters. The van der Waals surface area contributed by atoms with Crippen molar-refractivity contribution < 1.29 is 9.53 Å². The zero-order valence-corrected chi connectivity index (χ0v) is 12.2. The Morgan fingerprint density at radius 3 is 2.72 bits per heavy atom. The maximum Gasteiger partial charge on any atom is 0.220 e. The van der Waals surface area contributed by atoms with E-state index in [4.69, 9.17) is 4.74 Å². The summed E-state index contributed by atoms with van der Waals surface area (Å²) in [7, 11) is 1.71. The summed E-state index contributed by atoms with van der Waals surface area (Å²) < 4.78 is 4.96. The average molecular weight is 279 g/mol. The third-order valence-electron chi connectivity index (χ3n) is 3.34. The molecule has 0 atom stereocenters. The van der Waals surface area contributed by atoms with Crippen molar-refractivity contribution in [2.45, 2.75) is 38.5 Å². The molecule has 5 heteroatoms. The third-order valence-corrected chi connectivity index (χ3v) is 3.34. The van der Waals surface area contributed by atoms with Crippen LogP contribution >= 0.6 is 12.4 Å². The lowest BCUT2D eigenvalue weighted by molar-refractivity contribution is -0.121. The molecular formula is C13H27ClN2O2. The molecule has 0 aromatic rings. The molecule has 1 aliphatic rings. The molecule has 0 aromatic heterocycles. The van der Waals surface area contributed by atoms with Gasteiger partial charge in [0.15, 0.2) is 0 Å². The van der Waals surface area contributed by atoms with Gasteiger partial charge in [-0.05, 0) is 51.1 Å². The number of piperidine rings is 1. The molecule has 4 nitrogen and oxygen atoms in total. The summed E-state index contributed by atoms with van der Waals surface area (Å²) >= 11 is 0. The molecule has 1 amide bonds. The Kier molecular flexibility index (Phi) is 11.5. The Balaban J connectivity index is 0.00000289. The first-order chi connectivity index (χ1) is 8.33. The summed E-state index contributed by atoms with van der Waals surface area (Å²) in [4.78, 5) is 11.6. The number of methoxy groups -OCH3 is 1. The monoisotopic (exact) mass is 278 g/mol. The first-order valence-corrected chi connectivity index (χ1v) is 6.79. The zero-order valence-electron chi connectivity index (χ0n) is 11.4. The van der Waals surface area contributed by atoms with Crippen molar-refractivity contribution in [2.24, 2.45) is 5.92 Å². The minimum absolute atomic E-state index is 0. The molecule has 0 aliphatic carbocycles. The lowest BCUT2D eigenvalue weighted by Crippen LogP contribution is -2.29. The number of carbonyl (C=O) groups is 1. The molecule has 0 spiro atoms. The van der Waals surface area contributed by atoms with Crippen LogP contribution in [-0.4, -0.2) is 39.3 Å². The summed E-state index contributed by atoms with van der Waals surface area (Å²) in [5.41, 5.74) is 0. The Bertz CT molecular complexity index is 209. The molecule has 1 fully saturated rings. The lowest BCUT2D eigenvalue weighted by atomic mass is 9.93. The normalized spacial score (nSPS) is 16.1. The maximum atomic E-state index is 11.6. The average Bonchev–Trinajstić information content (AvgIpc) is 2.37. The van der Waals surface area contributed by atoms with Crippen LogP contribution in [0.5, 0.6) is 0 Å². The molecule has 2 N–H and O–H groups in total. The minimum atomic E-state index is 0. The Morgan fingerprint density at radius 1 is 1.33 bits per heavy atom. The van der Waals surface area contributed by atoms with E-state index >= 15 is 0 Å². The van der Waals surface area contributed by atoms with Crippen molar-refractivity contribution >= 4 is 18.3 Å². The first kappa shape index (κ1) is 17.7. The fourth-order valence-electron chi connectivity index (χ4n) is 2.19. The molecular weight excluding hydrogens is 252 g/mol. The number of unbranched alkanes of at least 4 members (excludes halogenated alkanes) is 1. The predicted octanol–water partition coefficient (Wildman–Crippen LogP) is 1.73. The Hall–Kier alpha value is -0.320. The van der Waals surface area contributed by atoms with Crippen LogP contribution in [0.3, 0.4) is 0 Å². The standard InChI is InChI=1S/C13H26N2O2.ClH/c1-17-11-3-2-8-15-13(16)5-4-12-6-9-14-10-7-12;/h12,14H,2-11H2,1H3,(H,15,16);1H. The molecule has 1 saturated heterocycles. The molecule has 18 heavy (non-hydrogen) atoms. The highest BCUT2D eigenvalue weighted by atomic mass is 35.5. The molecule has 0 radical (unpaired) electrons. The molecule has 0 aromatic carbocycles. The van der Waals surface area contributed by atoms with E-state index in [1.807, 2.05) is 0 Å². The largest absolute Gasteiger partial charge is 0.385 e. The van der Waals surface area contributed by atoms with Crippen LogP contribution in [0.2, 0.25) is 0 Å². The van der Waals surface area contributed by atoms with Crippen LogP contribution in [0, 0.1) is 5.92 Å². The SMILES string of the molecule is COCCCCNC(=O)CCC1CCNCC1.Cl. The summed E-state index contributed by atoms with van der Waals surface area (Å²) in [5.74, 6) is 0.955. The fraction of sp³-hybridized carbons (Fsp3) is 0.923. The smallest absolute Gasteiger partial charge is 0.220 e. The van der Waals surface area contributed by atoms with E-state index in [1.54, 1.807) is 7.11 Å². The van der Waals surface area contributed by atoms with Crippen LogP contribution < -0.4 is 10.6 Å². The van der Waals surface area contributed by atoms with E-state index in [0.29, 0.717) is 6.42 Å². The van der Waals surface area contributed by atoms with Crippen molar-refractivity contribution in [2.75, 3.05) is 33.4 Å². The van der Waals surface area contributed by atoms with Gasteiger partial charge in [0.1, 0.15) is 0 Å². The number of amides is 1. The highest BCUT2D eigenvalue weighted by Gasteiger charge is 2.14. The number of hydrogen-bond donors (Lipinski definition) is 2. The van der Waals surface area contributed by atoms with Gasteiger partial charge in [-0.1, -0.05) is 0 Å². The summed E-state index contributed by atoms with van der Waals surface area (Å²) in [5, 5.41) is 6.31. The van der Waals surface area contributed by atoms with Gasteiger partial charge in [-0.2, -0.15) is 0 Å². The fourth-order valence-corrected chi connectivity index (χ4v) is 2.19. The predicted molar refractivity (Wildman–Crippen MR) is 76.2 cm³/mol. The highest BCUT2D eigenvalue weighted by Crippen LogP contribution is 2.17. The molecule has 0 saturated carbocycles. The van der Waals surface area contributed by atoms with Crippen LogP contribution in [0.1, 0.15) is 38.5 Å². The van der Waals surface area contributed by atoms with Gasteiger partial charge in [-0.3, -0.25) is 4.79 Å². The second-order valence-corrected chi connectivity index (χ2v) is 4.78. The number of ether oxygens (including phenoxy) is 1. The first-order valence-electron chi connectivity index (χ1n) is 6.79.